The molecule has 1 aliphatic rings. The molecule has 0 bridgehead atoms. The lowest BCUT2D eigenvalue weighted by atomic mass is 10.00. The molecule has 0 aromatic rings. The van der Waals surface area contributed by atoms with Gasteiger partial charge in [0, 0.05) is 35.1 Å². The highest BCUT2D eigenvalue weighted by Crippen LogP contribution is 2.34. The van der Waals surface area contributed by atoms with Gasteiger partial charge in [0.2, 0.25) is 5.12 Å². The number of nitrogens with zero attached hydrogens (tertiary/aromatic N) is 1. The van der Waals surface area contributed by atoms with E-state index in [2.05, 4.69) is 41.2 Å². The fourth-order valence-electron chi connectivity index (χ4n) is 4.13. The number of rotatable bonds is 18. The summed E-state index contributed by atoms with van der Waals surface area (Å²) < 4.78 is 5.07. The van der Waals surface area contributed by atoms with Gasteiger partial charge in [-0.3, -0.25) is 19.3 Å². The van der Waals surface area contributed by atoms with E-state index in [9.17, 15) is 19.2 Å². The fourth-order valence-corrected chi connectivity index (χ4v) is 7.03. The zero-order valence-electron chi connectivity index (χ0n) is 41.0. The third-order valence-electron chi connectivity index (χ3n) is 7.37. The predicted octanol–water partition coefficient (Wildman–Crippen LogP) is 16.5. The van der Waals surface area contributed by atoms with Gasteiger partial charge in [-0.2, -0.15) is 0 Å². The molecule has 0 N–H and O–H groups in total. The second kappa shape index (κ2) is 54.1. The van der Waals surface area contributed by atoms with Crippen LogP contribution in [0.15, 0.2) is 12.7 Å². The van der Waals surface area contributed by atoms with Gasteiger partial charge < -0.3 is 4.74 Å². The third-order valence-corrected chi connectivity index (χ3v) is 11.2. The molecule has 56 heavy (non-hydrogen) atoms. The lowest BCUT2D eigenvalue weighted by Gasteiger charge is -2.32. The van der Waals surface area contributed by atoms with Crippen LogP contribution >= 0.6 is 35.3 Å². The van der Waals surface area contributed by atoms with Crippen LogP contribution in [0.5, 0.6) is 0 Å². The lowest BCUT2D eigenvalue weighted by Crippen LogP contribution is -2.50. The summed E-state index contributed by atoms with van der Waals surface area (Å²) in [6.07, 6.45) is 17.4. The summed E-state index contributed by atoms with van der Waals surface area (Å²) in [5.41, 5.74) is -0.883. The molecule has 1 amide bonds. The van der Waals surface area contributed by atoms with Crippen LogP contribution in [0.1, 0.15) is 221 Å². The van der Waals surface area contributed by atoms with Crippen molar-refractivity contribution in [1.82, 2.24) is 4.90 Å². The topological polar surface area (TPSA) is 80.8 Å². The monoisotopic (exact) mass is 854 g/mol. The molecule has 1 rings (SSSR count). The zero-order valence-corrected chi connectivity index (χ0v) is 43.5. The minimum Gasteiger partial charge on any atom is -0.445 e. The van der Waals surface area contributed by atoms with Gasteiger partial charge in [0.05, 0.1) is 0 Å². The zero-order chi connectivity index (χ0) is 45.4. The van der Waals surface area contributed by atoms with Gasteiger partial charge in [-0.15, -0.1) is 0 Å². The van der Waals surface area contributed by atoms with Gasteiger partial charge in [-0.05, 0) is 39.0 Å². The van der Waals surface area contributed by atoms with Crippen molar-refractivity contribution in [2.24, 2.45) is 11.3 Å². The van der Waals surface area contributed by atoms with E-state index >= 15 is 0 Å². The maximum Gasteiger partial charge on any atom is 0.410 e. The summed E-state index contributed by atoms with van der Waals surface area (Å²) in [6, 6.07) is 0. The van der Waals surface area contributed by atoms with Gasteiger partial charge >= 0.3 is 6.09 Å². The molecular formula is C47H99NO5S3. The van der Waals surface area contributed by atoms with E-state index in [4.69, 9.17) is 4.74 Å². The van der Waals surface area contributed by atoms with E-state index < -0.39 is 11.6 Å². The van der Waals surface area contributed by atoms with Crippen molar-refractivity contribution in [2.45, 2.75) is 227 Å². The Morgan fingerprint density at radius 3 is 1.41 bits per heavy atom. The molecule has 0 aromatic heterocycles. The first kappa shape index (κ1) is 69.7. The summed E-state index contributed by atoms with van der Waals surface area (Å²) in [6.45, 7) is 42.9. The molecule has 340 valence electrons. The molecule has 0 aromatic carbocycles. The highest BCUT2D eigenvalue weighted by molar-refractivity contribution is 8.14. The van der Waals surface area contributed by atoms with Crippen molar-refractivity contribution < 1.29 is 23.9 Å². The minimum absolute atomic E-state index is 0.0849. The van der Waals surface area contributed by atoms with Crippen molar-refractivity contribution in [3.8, 4) is 0 Å². The Hall–Kier alpha value is -0.930. The van der Waals surface area contributed by atoms with Crippen molar-refractivity contribution in [3.05, 3.63) is 12.7 Å². The van der Waals surface area contributed by atoms with E-state index in [-0.39, 0.29) is 23.1 Å². The standard InChI is InChI=1S/C15H25NO3S.C10H20OS.C9H18OS.C5H12.4C2H6/c1-4-6-7-12-20-13(17)15(3)9-8-10-16(15)14(18)19-11-5-2;1-5-6-7-8-12-9(11)10(2,3)4;1-4-5-6-7-11-9(10)8(2)3;1-3-5-4-2;4*1-2/h5H,2,4,6-12H2,1,3H3;5-8H2,1-4H3;8H,4-7H2,1-3H3;3-5H2,1-2H3;4*1-2H3. The van der Waals surface area contributed by atoms with Crippen LogP contribution in [0.25, 0.3) is 0 Å². The lowest BCUT2D eigenvalue weighted by molar-refractivity contribution is -0.119. The first-order chi connectivity index (χ1) is 26.6. The summed E-state index contributed by atoms with van der Waals surface area (Å²) in [5, 5.41) is 0.737. The Morgan fingerprint density at radius 1 is 0.679 bits per heavy atom. The first-order valence-corrected chi connectivity index (χ1v) is 25.7. The predicted molar refractivity (Wildman–Crippen MR) is 262 cm³/mol. The summed E-state index contributed by atoms with van der Waals surface area (Å²) in [7, 11) is 0. The second-order valence-electron chi connectivity index (χ2n) is 13.7. The Labute approximate surface area is 365 Å². The average molecular weight is 855 g/mol. The summed E-state index contributed by atoms with van der Waals surface area (Å²) in [4.78, 5) is 48.4. The van der Waals surface area contributed by atoms with E-state index in [1.807, 2.05) is 96.9 Å². The number of carbonyl (C=O) groups excluding carboxylic acids is 4. The maximum atomic E-state index is 12.4. The normalized spacial score (nSPS) is 13.5. The van der Waals surface area contributed by atoms with Crippen LogP contribution in [-0.2, 0) is 19.1 Å². The van der Waals surface area contributed by atoms with Gasteiger partial charge in [-0.25, -0.2) is 4.79 Å². The van der Waals surface area contributed by atoms with Gasteiger partial charge in [-0.1, -0.05) is 230 Å². The van der Waals surface area contributed by atoms with Crippen molar-refractivity contribution >= 4 is 56.7 Å². The number of amides is 1. The molecule has 1 aliphatic heterocycles. The number of thioether (sulfide) groups is 3. The highest BCUT2D eigenvalue weighted by Gasteiger charge is 2.46. The SMILES string of the molecule is C=CCOC(=O)N1CCCC1(C)C(=O)SCCCCC.CC.CC.CC.CC.CCCCC.CCCCCSC(=O)C(C)(C)C.CCCCCSC(=O)C(C)C. The summed E-state index contributed by atoms with van der Waals surface area (Å²) >= 11 is 4.32. The molecule has 0 aliphatic carbocycles. The van der Waals surface area contributed by atoms with E-state index in [0.29, 0.717) is 16.8 Å². The quantitative estimate of drug-likeness (QED) is 0.0996. The van der Waals surface area contributed by atoms with E-state index in [1.165, 1.54) is 99.1 Å². The molecule has 1 saturated heterocycles. The maximum absolute atomic E-state index is 12.4. The van der Waals surface area contributed by atoms with Crippen molar-refractivity contribution in [1.29, 1.82) is 0 Å². The molecule has 6 nitrogen and oxygen atoms in total. The van der Waals surface area contributed by atoms with Crippen LogP contribution in [0.2, 0.25) is 0 Å². The van der Waals surface area contributed by atoms with Crippen LogP contribution in [-0.4, -0.2) is 62.3 Å². The highest BCUT2D eigenvalue weighted by atomic mass is 32.2. The van der Waals surface area contributed by atoms with Crippen molar-refractivity contribution in [3.63, 3.8) is 0 Å². The molecule has 0 spiro atoms. The summed E-state index contributed by atoms with van der Waals surface area (Å²) in [5.74, 6) is 3.02. The molecule has 1 heterocycles. The van der Waals surface area contributed by atoms with Crippen molar-refractivity contribution in [2.75, 3.05) is 30.4 Å². The molecule has 1 unspecified atom stereocenters. The smallest absolute Gasteiger partial charge is 0.410 e. The molecule has 0 radical (unpaired) electrons. The number of hydrogen-bond acceptors (Lipinski definition) is 8. The number of carbonyl (C=O) groups is 4. The van der Waals surface area contributed by atoms with E-state index in [1.54, 1.807) is 4.90 Å². The number of hydrogen-bond donors (Lipinski definition) is 0. The minimum atomic E-state index is -0.713. The molecule has 9 heteroatoms. The third kappa shape index (κ3) is 45.8. The Morgan fingerprint density at radius 2 is 1.07 bits per heavy atom. The van der Waals surface area contributed by atoms with Gasteiger partial charge in [0.1, 0.15) is 12.1 Å². The Balaban J connectivity index is -0.000000116. The fraction of sp³-hybridized carbons (Fsp3) is 0.872. The number of unbranched alkanes of at least 4 members (excludes halogenated alkanes) is 8. The Bertz CT molecular complexity index is 844. The van der Waals surface area contributed by atoms with Gasteiger partial charge in [0.15, 0.2) is 10.2 Å². The molecule has 1 atom stereocenters. The number of likely N-dealkylation sites (tertiary alicyclic amines) is 1. The first-order valence-electron chi connectivity index (χ1n) is 22.7. The van der Waals surface area contributed by atoms with Crippen LogP contribution in [0, 0.1) is 11.3 Å². The Kier molecular flexibility index (Phi) is 67.3. The van der Waals surface area contributed by atoms with E-state index in [0.717, 1.165) is 49.4 Å². The van der Waals surface area contributed by atoms with Crippen LogP contribution in [0.4, 0.5) is 4.79 Å². The molecular weight excluding hydrogens is 755 g/mol. The second-order valence-corrected chi connectivity index (χ2v) is 16.9. The van der Waals surface area contributed by atoms with Crippen LogP contribution in [0.3, 0.4) is 0 Å². The molecule has 0 saturated carbocycles. The van der Waals surface area contributed by atoms with Gasteiger partial charge in [0.25, 0.3) is 0 Å². The largest absolute Gasteiger partial charge is 0.445 e. The average Bonchev–Trinajstić information content (AvgIpc) is 3.62. The van der Waals surface area contributed by atoms with Crippen LogP contribution < -0.4 is 0 Å². The number of ether oxygens (including phenoxy) is 1. The molecule has 1 fully saturated rings.